The minimum absolute atomic E-state index is 0.0337. The lowest BCUT2D eigenvalue weighted by Crippen LogP contribution is -2.31. The summed E-state index contributed by atoms with van der Waals surface area (Å²) in [4.78, 5) is 6.59. The molecule has 8 heteroatoms. The van der Waals surface area contributed by atoms with Crippen LogP contribution >= 0.6 is 0 Å². The molecule has 0 spiro atoms. The van der Waals surface area contributed by atoms with Crippen molar-refractivity contribution in [3.05, 3.63) is 59.8 Å². The van der Waals surface area contributed by atoms with Crippen molar-refractivity contribution in [1.29, 1.82) is 0 Å². The van der Waals surface area contributed by atoms with Gasteiger partial charge in [0.15, 0.2) is 11.6 Å². The van der Waals surface area contributed by atoms with Gasteiger partial charge in [0.05, 0.1) is 12.2 Å². The Bertz CT molecular complexity index is 1210. The van der Waals surface area contributed by atoms with Crippen LogP contribution in [0.4, 0.5) is 10.2 Å². The van der Waals surface area contributed by atoms with Crippen LogP contribution in [0.25, 0.3) is 11.1 Å². The van der Waals surface area contributed by atoms with Crippen LogP contribution in [-0.4, -0.2) is 50.5 Å². The van der Waals surface area contributed by atoms with Crippen LogP contribution in [0.15, 0.2) is 42.9 Å². The standard InChI is InChI=1S/C26H30FN5O2/c1-26(2,33)9-6-18-4-5-23(27)20(12-18)17-34-24-13-19(14-29-25(24)28)21-15-30-32(16-21)22-7-10-31(3)11-8-22/h4-5,12-16,22,33H,7-8,10-11,17H2,1-3H3,(H2,28,29). The average Bonchev–Trinajstić information content (AvgIpc) is 3.29. The van der Waals surface area contributed by atoms with Crippen LogP contribution in [0, 0.1) is 17.7 Å². The van der Waals surface area contributed by atoms with Gasteiger partial charge in [-0.15, -0.1) is 0 Å². The zero-order chi connectivity index (χ0) is 24.3. The van der Waals surface area contributed by atoms with Crippen LogP contribution < -0.4 is 10.5 Å². The topological polar surface area (TPSA) is 89.4 Å². The SMILES string of the molecule is CN1CCC(n2cc(-c3cnc(N)c(OCc4cc(C#CC(C)(C)O)ccc4F)c3)cn2)CC1. The van der Waals surface area contributed by atoms with Crippen molar-refractivity contribution in [1.82, 2.24) is 19.7 Å². The minimum Gasteiger partial charge on any atom is -0.485 e. The molecule has 0 bridgehead atoms. The number of benzene rings is 1. The number of aromatic nitrogens is 3. The first kappa shape index (κ1) is 23.7. The van der Waals surface area contributed by atoms with E-state index < -0.39 is 11.4 Å². The Kier molecular flexibility index (Phi) is 6.87. The maximum Gasteiger partial charge on any atom is 0.166 e. The molecule has 0 amide bonds. The van der Waals surface area contributed by atoms with Crippen molar-refractivity contribution in [2.24, 2.45) is 0 Å². The van der Waals surface area contributed by atoms with Gasteiger partial charge in [-0.25, -0.2) is 9.37 Å². The molecular weight excluding hydrogens is 433 g/mol. The Morgan fingerprint density at radius 3 is 2.71 bits per heavy atom. The monoisotopic (exact) mass is 463 g/mol. The molecule has 1 fully saturated rings. The van der Waals surface area contributed by atoms with Gasteiger partial charge in [0.25, 0.3) is 0 Å². The van der Waals surface area contributed by atoms with Crippen molar-refractivity contribution in [3.8, 4) is 28.7 Å². The number of nitrogens with zero attached hydrogens (tertiary/aromatic N) is 4. The second-order valence-corrected chi connectivity index (χ2v) is 9.25. The van der Waals surface area contributed by atoms with Crippen molar-refractivity contribution >= 4 is 5.82 Å². The molecule has 0 aliphatic carbocycles. The summed E-state index contributed by atoms with van der Waals surface area (Å²) in [5.41, 5.74) is 7.56. The Balaban J connectivity index is 1.49. The number of nitrogen functional groups attached to an aromatic ring is 1. The van der Waals surface area contributed by atoms with Crippen LogP contribution in [0.3, 0.4) is 0 Å². The summed E-state index contributed by atoms with van der Waals surface area (Å²) in [6.07, 6.45) is 7.66. The maximum atomic E-state index is 14.4. The molecule has 2 aromatic heterocycles. The third kappa shape index (κ3) is 5.93. The highest BCUT2D eigenvalue weighted by molar-refractivity contribution is 5.65. The van der Waals surface area contributed by atoms with E-state index in [1.165, 1.54) is 6.07 Å². The number of aliphatic hydroxyl groups is 1. The lowest BCUT2D eigenvalue weighted by atomic mass is 10.1. The molecule has 0 unspecified atom stereocenters. The molecular formula is C26H30FN5O2. The van der Waals surface area contributed by atoms with Crippen molar-refractivity contribution < 1.29 is 14.2 Å². The van der Waals surface area contributed by atoms with Gasteiger partial charge >= 0.3 is 0 Å². The second kappa shape index (κ2) is 9.84. The first-order chi connectivity index (χ1) is 16.2. The molecule has 178 valence electrons. The number of hydrogen-bond acceptors (Lipinski definition) is 6. The van der Waals surface area contributed by atoms with E-state index in [1.54, 1.807) is 38.2 Å². The summed E-state index contributed by atoms with van der Waals surface area (Å²) in [6.45, 7) is 5.26. The van der Waals surface area contributed by atoms with E-state index in [4.69, 9.17) is 10.5 Å². The zero-order valence-corrected chi connectivity index (χ0v) is 19.8. The molecule has 1 saturated heterocycles. The number of rotatable bonds is 5. The third-order valence-electron chi connectivity index (χ3n) is 5.82. The van der Waals surface area contributed by atoms with E-state index >= 15 is 0 Å². The zero-order valence-electron chi connectivity index (χ0n) is 19.8. The van der Waals surface area contributed by atoms with Gasteiger partial charge in [-0.05, 0) is 71.1 Å². The fourth-order valence-electron chi connectivity index (χ4n) is 3.82. The van der Waals surface area contributed by atoms with Gasteiger partial charge < -0.3 is 20.5 Å². The molecule has 3 N–H and O–H groups in total. The average molecular weight is 464 g/mol. The van der Waals surface area contributed by atoms with E-state index in [2.05, 4.69) is 33.9 Å². The van der Waals surface area contributed by atoms with Gasteiger partial charge in [0, 0.05) is 34.6 Å². The second-order valence-electron chi connectivity index (χ2n) is 9.25. The lowest BCUT2D eigenvalue weighted by molar-refractivity contribution is 0.143. The molecule has 0 saturated carbocycles. The summed E-state index contributed by atoms with van der Waals surface area (Å²) in [5.74, 6) is 5.77. The van der Waals surface area contributed by atoms with Crippen LogP contribution in [0.2, 0.25) is 0 Å². The number of anilines is 1. The number of halogens is 1. The third-order valence-corrected chi connectivity index (χ3v) is 5.82. The van der Waals surface area contributed by atoms with E-state index in [0.29, 0.717) is 22.9 Å². The van der Waals surface area contributed by atoms with E-state index in [-0.39, 0.29) is 12.4 Å². The lowest BCUT2D eigenvalue weighted by Gasteiger charge is -2.28. The van der Waals surface area contributed by atoms with Crippen molar-refractivity contribution in [2.45, 2.75) is 44.9 Å². The highest BCUT2D eigenvalue weighted by Gasteiger charge is 2.19. The predicted molar refractivity (Wildman–Crippen MR) is 130 cm³/mol. The smallest absolute Gasteiger partial charge is 0.166 e. The molecule has 3 heterocycles. The number of nitrogens with two attached hydrogens (primary N) is 1. The quantitative estimate of drug-likeness (QED) is 0.562. The largest absolute Gasteiger partial charge is 0.485 e. The number of pyridine rings is 1. The molecule has 7 nitrogen and oxygen atoms in total. The van der Waals surface area contributed by atoms with Crippen molar-refractivity contribution in [2.75, 3.05) is 25.9 Å². The van der Waals surface area contributed by atoms with Crippen LogP contribution in [-0.2, 0) is 6.61 Å². The Hall–Kier alpha value is -3.41. The Morgan fingerprint density at radius 1 is 1.21 bits per heavy atom. The van der Waals surface area contributed by atoms with E-state index in [0.717, 1.165) is 37.1 Å². The summed E-state index contributed by atoms with van der Waals surface area (Å²) in [5, 5.41) is 14.4. The van der Waals surface area contributed by atoms with E-state index in [1.807, 2.05) is 17.1 Å². The molecule has 34 heavy (non-hydrogen) atoms. The number of ether oxygens (including phenoxy) is 1. The van der Waals surface area contributed by atoms with Crippen LogP contribution in [0.1, 0.15) is 43.9 Å². The summed E-state index contributed by atoms with van der Waals surface area (Å²) in [6, 6.07) is 6.69. The first-order valence-corrected chi connectivity index (χ1v) is 11.3. The van der Waals surface area contributed by atoms with Gasteiger partial charge in [0.2, 0.25) is 0 Å². The molecule has 0 radical (unpaired) electrons. The van der Waals surface area contributed by atoms with Crippen LogP contribution in [0.5, 0.6) is 5.75 Å². The fraction of sp³-hybridized carbons (Fsp3) is 0.385. The minimum atomic E-state index is -1.13. The van der Waals surface area contributed by atoms with Gasteiger partial charge in [-0.2, -0.15) is 5.10 Å². The highest BCUT2D eigenvalue weighted by atomic mass is 19.1. The highest BCUT2D eigenvalue weighted by Crippen LogP contribution is 2.29. The summed E-state index contributed by atoms with van der Waals surface area (Å²) < 4.78 is 22.2. The van der Waals surface area contributed by atoms with E-state index in [9.17, 15) is 9.50 Å². The molecule has 4 rings (SSSR count). The molecule has 3 aromatic rings. The predicted octanol–water partition coefficient (Wildman–Crippen LogP) is 3.63. The van der Waals surface area contributed by atoms with Gasteiger partial charge in [-0.1, -0.05) is 11.8 Å². The molecule has 1 aliphatic heterocycles. The Labute approximate surface area is 199 Å². The summed E-state index contributed by atoms with van der Waals surface area (Å²) in [7, 11) is 2.14. The molecule has 1 aromatic carbocycles. The molecule has 0 atom stereocenters. The molecule has 1 aliphatic rings. The van der Waals surface area contributed by atoms with Gasteiger partial charge in [-0.3, -0.25) is 4.68 Å². The Morgan fingerprint density at radius 2 is 1.97 bits per heavy atom. The number of piperidine rings is 1. The number of likely N-dealkylation sites (tertiary alicyclic amines) is 1. The fourth-order valence-corrected chi connectivity index (χ4v) is 3.82. The first-order valence-electron chi connectivity index (χ1n) is 11.3. The number of hydrogen-bond donors (Lipinski definition) is 2. The van der Waals surface area contributed by atoms with Crippen molar-refractivity contribution in [3.63, 3.8) is 0 Å². The maximum absolute atomic E-state index is 14.4. The normalized spacial score (nSPS) is 15.1. The van der Waals surface area contributed by atoms with Gasteiger partial charge in [0.1, 0.15) is 18.0 Å². The summed E-state index contributed by atoms with van der Waals surface area (Å²) >= 11 is 0.